The Hall–Kier alpha value is -3.59. The quantitative estimate of drug-likeness (QED) is 0.483. The third-order valence-corrected chi connectivity index (χ3v) is 8.62. The molecule has 39 heavy (non-hydrogen) atoms. The van der Waals surface area contributed by atoms with Crippen LogP contribution in [0.2, 0.25) is 0 Å². The second-order valence-corrected chi connectivity index (χ2v) is 11.4. The van der Waals surface area contributed by atoms with E-state index >= 15 is 4.39 Å². The predicted molar refractivity (Wildman–Crippen MR) is 150 cm³/mol. The van der Waals surface area contributed by atoms with Crippen LogP contribution in [0.3, 0.4) is 0 Å². The van der Waals surface area contributed by atoms with E-state index in [1.807, 2.05) is 18.7 Å². The van der Waals surface area contributed by atoms with Crippen molar-refractivity contribution in [1.82, 2.24) is 9.47 Å². The normalized spacial score (nSPS) is 21.3. The zero-order chi connectivity index (χ0) is 27.4. The Morgan fingerprint density at radius 3 is 2.54 bits per heavy atom. The summed E-state index contributed by atoms with van der Waals surface area (Å²) in [5, 5.41) is 9.66. The maximum absolute atomic E-state index is 15.9. The first-order chi connectivity index (χ1) is 18.8. The van der Waals surface area contributed by atoms with Crippen molar-refractivity contribution in [3.8, 4) is 5.75 Å². The number of piperidine rings is 1. The summed E-state index contributed by atoms with van der Waals surface area (Å²) in [6.45, 7) is 3.22. The van der Waals surface area contributed by atoms with Gasteiger partial charge in [0.2, 0.25) is 5.43 Å². The SMILES string of the molecule is COc1c(N2C[C@@H]3CCCN(Cc4ccc(N(C)C)cc4)[C@@H]3C2)c(F)cc2c(=O)c(C(=O)O)cn(C3CC3)c12. The van der Waals surface area contributed by atoms with Crippen LogP contribution in [0.4, 0.5) is 15.8 Å². The third kappa shape index (κ3) is 4.52. The molecule has 2 saturated heterocycles. The van der Waals surface area contributed by atoms with E-state index in [0.717, 1.165) is 38.8 Å². The fourth-order valence-corrected chi connectivity index (χ4v) is 6.51. The summed E-state index contributed by atoms with van der Waals surface area (Å²) in [6, 6.07) is 10.2. The van der Waals surface area contributed by atoms with Gasteiger partial charge in [0.1, 0.15) is 11.3 Å². The number of hydrogen-bond donors (Lipinski definition) is 1. The first kappa shape index (κ1) is 25.7. The Morgan fingerprint density at radius 2 is 1.90 bits per heavy atom. The van der Waals surface area contributed by atoms with E-state index in [4.69, 9.17) is 4.74 Å². The Bertz CT molecular complexity index is 1480. The molecule has 3 heterocycles. The van der Waals surface area contributed by atoms with E-state index in [9.17, 15) is 14.7 Å². The average Bonchev–Trinajstić information content (AvgIpc) is 3.66. The number of nitrogens with zero attached hydrogens (tertiary/aromatic N) is 4. The zero-order valence-corrected chi connectivity index (χ0v) is 22.7. The minimum atomic E-state index is -1.31. The Kier molecular flexibility index (Phi) is 6.49. The van der Waals surface area contributed by atoms with E-state index in [1.165, 1.54) is 30.6 Å². The van der Waals surface area contributed by atoms with Crippen LogP contribution in [0.15, 0.2) is 41.3 Å². The molecular weight excluding hydrogens is 499 g/mol. The van der Waals surface area contributed by atoms with Crippen LogP contribution in [0, 0.1) is 11.7 Å². The summed E-state index contributed by atoms with van der Waals surface area (Å²) < 4.78 is 23.5. The Balaban J connectivity index is 1.36. The first-order valence-electron chi connectivity index (χ1n) is 13.7. The summed E-state index contributed by atoms with van der Waals surface area (Å²) >= 11 is 0. The van der Waals surface area contributed by atoms with Crippen LogP contribution in [-0.2, 0) is 6.54 Å². The lowest BCUT2D eigenvalue weighted by Gasteiger charge is -2.36. The molecule has 9 heteroatoms. The molecule has 8 nitrogen and oxygen atoms in total. The fourth-order valence-electron chi connectivity index (χ4n) is 6.51. The number of aromatic nitrogens is 1. The number of anilines is 2. The number of aromatic carboxylic acids is 1. The van der Waals surface area contributed by atoms with E-state index in [2.05, 4.69) is 39.0 Å². The van der Waals surface area contributed by atoms with Gasteiger partial charge in [-0.15, -0.1) is 0 Å². The number of rotatable bonds is 7. The lowest BCUT2D eigenvalue weighted by molar-refractivity contribution is 0.0694. The summed E-state index contributed by atoms with van der Waals surface area (Å²) in [4.78, 5) is 31.5. The number of fused-ring (bicyclic) bond motifs is 2. The van der Waals surface area contributed by atoms with E-state index < -0.39 is 17.2 Å². The van der Waals surface area contributed by atoms with Gasteiger partial charge in [-0.25, -0.2) is 9.18 Å². The van der Waals surface area contributed by atoms with Gasteiger partial charge in [0, 0.05) is 57.7 Å². The van der Waals surface area contributed by atoms with Crippen molar-refractivity contribution >= 4 is 28.2 Å². The van der Waals surface area contributed by atoms with Gasteiger partial charge in [-0.3, -0.25) is 9.69 Å². The smallest absolute Gasteiger partial charge is 0.341 e. The zero-order valence-electron chi connectivity index (χ0n) is 22.7. The van der Waals surface area contributed by atoms with Gasteiger partial charge < -0.3 is 24.2 Å². The molecule has 3 fully saturated rings. The highest BCUT2D eigenvalue weighted by Crippen LogP contribution is 2.45. The van der Waals surface area contributed by atoms with E-state index in [1.54, 1.807) is 0 Å². The average molecular weight is 535 g/mol. The maximum atomic E-state index is 15.9. The number of methoxy groups -OCH3 is 1. The second-order valence-electron chi connectivity index (χ2n) is 11.4. The van der Waals surface area contributed by atoms with Crippen molar-refractivity contribution in [2.24, 2.45) is 5.92 Å². The number of pyridine rings is 1. The molecule has 0 radical (unpaired) electrons. The van der Waals surface area contributed by atoms with Crippen LogP contribution in [0.5, 0.6) is 5.75 Å². The molecule has 3 aromatic rings. The summed E-state index contributed by atoms with van der Waals surface area (Å²) in [7, 11) is 5.57. The Labute approximate surface area is 227 Å². The highest BCUT2D eigenvalue weighted by Gasteiger charge is 2.41. The summed E-state index contributed by atoms with van der Waals surface area (Å²) in [5.41, 5.74) is 2.26. The molecule has 2 aliphatic heterocycles. The van der Waals surface area contributed by atoms with Crippen LogP contribution < -0.4 is 20.0 Å². The van der Waals surface area contributed by atoms with Crippen molar-refractivity contribution in [2.75, 3.05) is 50.6 Å². The number of benzene rings is 2. The molecule has 0 unspecified atom stereocenters. The van der Waals surface area contributed by atoms with Crippen molar-refractivity contribution in [3.63, 3.8) is 0 Å². The van der Waals surface area contributed by atoms with Crippen molar-refractivity contribution < 1.29 is 19.0 Å². The topological polar surface area (TPSA) is 78.2 Å². The summed E-state index contributed by atoms with van der Waals surface area (Å²) in [6.07, 6.45) is 5.35. The lowest BCUT2D eigenvalue weighted by atomic mass is 9.91. The summed E-state index contributed by atoms with van der Waals surface area (Å²) in [5.74, 6) is -1.14. The fraction of sp³-hybridized carbons (Fsp3) is 0.467. The molecule has 1 N–H and O–H groups in total. The largest absolute Gasteiger partial charge is 0.492 e. The number of likely N-dealkylation sites (tertiary alicyclic amines) is 1. The molecule has 3 aliphatic rings. The van der Waals surface area contributed by atoms with E-state index in [0.29, 0.717) is 36.0 Å². The van der Waals surface area contributed by atoms with Crippen molar-refractivity contribution in [3.05, 3.63) is 63.7 Å². The third-order valence-electron chi connectivity index (χ3n) is 8.62. The van der Waals surface area contributed by atoms with Gasteiger partial charge in [-0.05, 0) is 61.9 Å². The van der Waals surface area contributed by atoms with Gasteiger partial charge in [-0.1, -0.05) is 12.1 Å². The van der Waals surface area contributed by atoms with Gasteiger partial charge in [0.05, 0.1) is 18.0 Å². The highest BCUT2D eigenvalue weighted by atomic mass is 19.1. The number of carboxylic acid groups (broad SMARTS) is 1. The Morgan fingerprint density at radius 1 is 1.15 bits per heavy atom. The minimum Gasteiger partial charge on any atom is -0.492 e. The molecule has 1 saturated carbocycles. The van der Waals surface area contributed by atoms with Crippen LogP contribution in [0.25, 0.3) is 10.9 Å². The van der Waals surface area contributed by atoms with Gasteiger partial charge >= 0.3 is 5.97 Å². The predicted octanol–water partition coefficient (Wildman–Crippen LogP) is 4.35. The molecular formula is C30H35FN4O4. The molecule has 2 atom stereocenters. The number of ether oxygens (including phenoxy) is 1. The molecule has 0 spiro atoms. The molecule has 1 aromatic heterocycles. The van der Waals surface area contributed by atoms with Gasteiger partial charge in [-0.2, -0.15) is 0 Å². The second kappa shape index (κ2) is 9.86. The molecule has 0 amide bonds. The monoisotopic (exact) mass is 534 g/mol. The number of carbonyl (C=O) groups is 1. The lowest BCUT2D eigenvalue weighted by Crippen LogP contribution is -2.44. The number of halogens is 1. The minimum absolute atomic E-state index is 0.0549. The maximum Gasteiger partial charge on any atom is 0.341 e. The van der Waals surface area contributed by atoms with Crippen molar-refractivity contribution in [1.29, 1.82) is 0 Å². The van der Waals surface area contributed by atoms with Crippen LogP contribution in [-0.4, -0.2) is 67.4 Å². The van der Waals surface area contributed by atoms with Gasteiger partial charge in [0.15, 0.2) is 11.6 Å². The molecule has 0 bridgehead atoms. The molecule has 6 rings (SSSR count). The standard InChI is InChI=1S/C30H35FN4O4/c1-32(2)20-8-6-18(7-9-20)14-33-12-4-5-19-15-34(17-25(19)33)27-24(31)13-22-26(29(27)39-3)35(21-10-11-21)16-23(28(22)36)30(37)38/h6-9,13,16,19,21,25H,4-5,10-12,14-15,17H2,1-3H3,(H,37,38)/t19-,25+/m0/s1. The molecule has 2 aromatic carbocycles. The van der Waals surface area contributed by atoms with E-state index in [-0.39, 0.29) is 23.0 Å². The molecule has 206 valence electrons. The van der Waals surface area contributed by atoms with Crippen LogP contribution in [0.1, 0.15) is 47.6 Å². The van der Waals surface area contributed by atoms with Crippen LogP contribution >= 0.6 is 0 Å². The van der Waals surface area contributed by atoms with Crippen molar-refractivity contribution in [2.45, 2.75) is 44.3 Å². The van der Waals surface area contributed by atoms with Gasteiger partial charge in [0.25, 0.3) is 0 Å². The number of carboxylic acids is 1. The highest BCUT2D eigenvalue weighted by molar-refractivity contribution is 5.97. The molecule has 1 aliphatic carbocycles. The number of hydrogen-bond acceptors (Lipinski definition) is 6. The first-order valence-corrected chi connectivity index (χ1v) is 13.7.